The molecule has 3 rings (SSSR count). The van der Waals surface area contributed by atoms with E-state index >= 15 is 0 Å². The number of hydrogen-bond acceptors (Lipinski definition) is 7. The maximum absolute atomic E-state index is 12.2. The standard InChI is InChI=1S/C17H27N5O3/c1-17(2,3)25-16(24)22-6-4-14-12(9-22)8-19-15(20-14)21-7-5-18-13(10-21)11-23/h8,13,18,23H,4-7,9-11H2,1-3H3/t13-/m0/s1. The number of aliphatic hydroxyl groups excluding tert-OH is 1. The van der Waals surface area contributed by atoms with Crippen molar-refractivity contribution in [1.82, 2.24) is 20.2 Å². The van der Waals surface area contributed by atoms with Gasteiger partial charge in [0, 0.05) is 50.4 Å². The minimum absolute atomic E-state index is 0.0519. The van der Waals surface area contributed by atoms with Crippen LogP contribution in [0.25, 0.3) is 0 Å². The fourth-order valence-corrected chi connectivity index (χ4v) is 3.07. The van der Waals surface area contributed by atoms with Gasteiger partial charge >= 0.3 is 6.09 Å². The molecule has 0 bridgehead atoms. The maximum atomic E-state index is 12.2. The van der Waals surface area contributed by atoms with Crippen LogP contribution in [0.4, 0.5) is 10.7 Å². The third kappa shape index (κ3) is 4.38. The molecule has 0 radical (unpaired) electrons. The predicted octanol–water partition coefficient (Wildman–Crippen LogP) is 0.540. The first-order valence-electron chi connectivity index (χ1n) is 8.77. The van der Waals surface area contributed by atoms with E-state index in [1.807, 2.05) is 27.0 Å². The zero-order valence-electron chi connectivity index (χ0n) is 15.2. The molecular weight excluding hydrogens is 322 g/mol. The van der Waals surface area contributed by atoms with E-state index in [-0.39, 0.29) is 18.7 Å². The first kappa shape index (κ1) is 17.9. The van der Waals surface area contributed by atoms with Crippen LogP contribution in [0.3, 0.4) is 0 Å². The molecule has 138 valence electrons. The van der Waals surface area contributed by atoms with E-state index in [0.717, 1.165) is 24.3 Å². The summed E-state index contributed by atoms with van der Waals surface area (Å²) in [4.78, 5) is 25.2. The number of carbonyl (C=O) groups is 1. The Morgan fingerprint density at radius 3 is 2.96 bits per heavy atom. The zero-order valence-corrected chi connectivity index (χ0v) is 15.2. The van der Waals surface area contributed by atoms with Crippen LogP contribution in [-0.4, -0.2) is 70.5 Å². The van der Waals surface area contributed by atoms with Crippen molar-refractivity contribution >= 4 is 12.0 Å². The lowest BCUT2D eigenvalue weighted by Gasteiger charge is -2.34. The quantitative estimate of drug-likeness (QED) is 0.805. The first-order chi connectivity index (χ1) is 11.9. The van der Waals surface area contributed by atoms with E-state index in [0.29, 0.717) is 32.0 Å². The summed E-state index contributed by atoms with van der Waals surface area (Å²) >= 11 is 0. The number of hydrogen-bond donors (Lipinski definition) is 2. The Hall–Kier alpha value is -1.93. The normalized spacial score (nSPS) is 21.0. The maximum Gasteiger partial charge on any atom is 0.410 e. The summed E-state index contributed by atoms with van der Waals surface area (Å²) < 4.78 is 5.44. The monoisotopic (exact) mass is 349 g/mol. The minimum atomic E-state index is -0.497. The molecule has 8 nitrogen and oxygen atoms in total. The number of aromatic nitrogens is 2. The van der Waals surface area contributed by atoms with Gasteiger partial charge in [0.15, 0.2) is 0 Å². The fourth-order valence-electron chi connectivity index (χ4n) is 3.07. The second-order valence-corrected chi connectivity index (χ2v) is 7.57. The highest BCUT2D eigenvalue weighted by Crippen LogP contribution is 2.21. The third-order valence-electron chi connectivity index (χ3n) is 4.33. The van der Waals surface area contributed by atoms with Crippen molar-refractivity contribution in [2.24, 2.45) is 0 Å². The van der Waals surface area contributed by atoms with Gasteiger partial charge in [-0.25, -0.2) is 14.8 Å². The Morgan fingerprint density at radius 1 is 1.44 bits per heavy atom. The van der Waals surface area contributed by atoms with Gasteiger partial charge in [-0.2, -0.15) is 0 Å². The Balaban J connectivity index is 1.68. The van der Waals surface area contributed by atoms with Gasteiger partial charge in [-0.15, -0.1) is 0 Å². The Morgan fingerprint density at radius 2 is 2.24 bits per heavy atom. The molecule has 0 unspecified atom stereocenters. The third-order valence-corrected chi connectivity index (χ3v) is 4.33. The topological polar surface area (TPSA) is 90.8 Å². The van der Waals surface area contributed by atoms with E-state index in [9.17, 15) is 9.90 Å². The minimum Gasteiger partial charge on any atom is -0.444 e. The second kappa shape index (κ2) is 7.13. The van der Waals surface area contributed by atoms with Crippen LogP contribution in [-0.2, 0) is 17.7 Å². The van der Waals surface area contributed by atoms with Crippen molar-refractivity contribution in [2.75, 3.05) is 37.7 Å². The van der Waals surface area contributed by atoms with Crippen molar-refractivity contribution in [3.63, 3.8) is 0 Å². The summed E-state index contributed by atoms with van der Waals surface area (Å²) in [5.41, 5.74) is 1.46. The molecule has 0 aliphatic carbocycles. The highest BCUT2D eigenvalue weighted by molar-refractivity contribution is 5.68. The van der Waals surface area contributed by atoms with E-state index in [1.54, 1.807) is 4.90 Å². The molecule has 3 heterocycles. The number of rotatable bonds is 2. The average Bonchev–Trinajstić information content (AvgIpc) is 2.59. The molecule has 2 N–H and O–H groups in total. The van der Waals surface area contributed by atoms with Gasteiger partial charge in [-0.1, -0.05) is 0 Å². The van der Waals surface area contributed by atoms with Crippen molar-refractivity contribution in [1.29, 1.82) is 0 Å². The number of nitrogens with zero attached hydrogens (tertiary/aromatic N) is 4. The summed E-state index contributed by atoms with van der Waals surface area (Å²) in [7, 11) is 0. The number of anilines is 1. The van der Waals surface area contributed by atoms with Gasteiger partial charge in [0.1, 0.15) is 5.60 Å². The number of piperazine rings is 1. The predicted molar refractivity (Wildman–Crippen MR) is 93.5 cm³/mol. The molecule has 1 amide bonds. The van der Waals surface area contributed by atoms with Crippen LogP contribution in [0, 0.1) is 0 Å². The number of carbonyl (C=O) groups excluding carboxylic acids is 1. The SMILES string of the molecule is CC(C)(C)OC(=O)N1CCc2nc(N3CCN[C@H](CO)C3)ncc2C1. The number of nitrogens with one attached hydrogen (secondary N) is 1. The number of ether oxygens (including phenoxy) is 1. The van der Waals surface area contributed by atoms with Gasteiger partial charge in [0.25, 0.3) is 0 Å². The van der Waals surface area contributed by atoms with Gasteiger partial charge in [-0.3, -0.25) is 0 Å². The zero-order chi connectivity index (χ0) is 18.0. The summed E-state index contributed by atoms with van der Waals surface area (Å²) in [5.74, 6) is 0.699. The van der Waals surface area contributed by atoms with E-state index in [2.05, 4.69) is 15.2 Å². The molecule has 0 aromatic carbocycles. The van der Waals surface area contributed by atoms with Gasteiger partial charge in [0.2, 0.25) is 5.95 Å². The molecule has 1 atom stereocenters. The van der Waals surface area contributed by atoms with E-state index < -0.39 is 5.60 Å². The van der Waals surface area contributed by atoms with Crippen LogP contribution >= 0.6 is 0 Å². The van der Waals surface area contributed by atoms with Crippen molar-refractivity contribution < 1.29 is 14.6 Å². The molecule has 1 aromatic heterocycles. The van der Waals surface area contributed by atoms with E-state index in [4.69, 9.17) is 9.72 Å². The van der Waals surface area contributed by atoms with Crippen molar-refractivity contribution in [2.45, 2.75) is 45.4 Å². The lowest BCUT2D eigenvalue weighted by Crippen LogP contribution is -2.53. The van der Waals surface area contributed by atoms with Crippen LogP contribution < -0.4 is 10.2 Å². The first-order valence-corrected chi connectivity index (χ1v) is 8.77. The summed E-state index contributed by atoms with van der Waals surface area (Å²) in [6.45, 7) is 9.09. The number of fused-ring (bicyclic) bond motifs is 1. The summed E-state index contributed by atoms with van der Waals surface area (Å²) in [6, 6.07) is 0.0519. The van der Waals surface area contributed by atoms with Gasteiger partial charge in [-0.05, 0) is 20.8 Å². The van der Waals surface area contributed by atoms with Crippen LogP contribution in [0.1, 0.15) is 32.0 Å². The van der Waals surface area contributed by atoms with Crippen LogP contribution in [0.5, 0.6) is 0 Å². The molecule has 25 heavy (non-hydrogen) atoms. The van der Waals surface area contributed by atoms with Crippen molar-refractivity contribution in [3.8, 4) is 0 Å². The smallest absolute Gasteiger partial charge is 0.410 e. The lowest BCUT2D eigenvalue weighted by atomic mass is 10.1. The highest BCUT2D eigenvalue weighted by Gasteiger charge is 2.28. The molecule has 2 aliphatic heterocycles. The fraction of sp³-hybridized carbons (Fsp3) is 0.706. The highest BCUT2D eigenvalue weighted by atomic mass is 16.6. The Bertz CT molecular complexity index is 631. The van der Waals surface area contributed by atoms with Crippen LogP contribution in [0.2, 0.25) is 0 Å². The molecule has 1 aromatic rings. The molecular formula is C17H27N5O3. The molecule has 1 saturated heterocycles. The van der Waals surface area contributed by atoms with E-state index in [1.165, 1.54) is 0 Å². The Labute approximate surface area is 148 Å². The lowest BCUT2D eigenvalue weighted by molar-refractivity contribution is 0.0222. The molecule has 0 saturated carbocycles. The average molecular weight is 349 g/mol. The Kier molecular flexibility index (Phi) is 5.10. The molecule has 8 heteroatoms. The molecule has 0 spiro atoms. The van der Waals surface area contributed by atoms with Crippen LogP contribution in [0.15, 0.2) is 6.20 Å². The summed E-state index contributed by atoms with van der Waals surface area (Å²) in [5, 5.41) is 12.6. The van der Waals surface area contributed by atoms with Crippen molar-refractivity contribution in [3.05, 3.63) is 17.5 Å². The van der Waals surface area contributed by atoms with Gasteiger partial charge < -0.3 is 25.0 Å². The molecule has 2 aliphatic rings. The number of aliphatic hydroxyl groups is 1. The van der Waals surface area contributed by atoms with Gasteiger partial charge in [0.05, 0.1) is 18.8 Å². The second-order valence-electron chi connectivity index (χ2n) is 7.57. The number of amides is 1. The molecule has 1 fully saturated rings. The largest absolute Gasteiger partial charge is 0.444 e. The summed E-state index contributed by atoms with van der Waals surface area (Å²) in [6.07, 6.45) is 2.21.